The molecule has 0 aromatic heterocycles. The zero-order chi connectivity index (χ0) is 24.4. The van der Waals surface area contributed by atoms with Crippen molar-refractivity contribution in [2.24, 2.45) is 4.99 Å². The Bertz CT molecular complexity index is 1090. The molecule has 0 radical (unpaired) electrons. The standard InChI is InChI=1S/C23H26FN5O5/c1-28-16-5-2-3-10-29-21(16)27-19(20(32)23(29)34)22(33)25-12-13-8-9-14(24)11-15(13)26-17(30)6-4-7-18(28)31/h8-9,11,16,19H,2-7,10,12H2,1H3,(H,25,33)(H,26,30). The molecule has 4 rings (SSSR count). The number of hydrogen-bond donors (Lipinski definition) is 2. The van der Waals surface area contributed by atoms with Crippen LogP contribution in [0.4, 0.5) is 10.1 Å². The number of anilines is 1. The quantitative estimate of drug-likeness (QED) is 0.426. The van der Waals surface area contributed by atoms with Crippen LogP contribution in [0.15, 0.2) is 23.2 Å². The number of nitrogens with one attached hydrogen (secondary N) is 2. The Hall–Kier alpha value is -3.63. The summed E-state index contributed by atoms with van der Waals surface area (Å²) in [6, 6.07) is 1.59. The second-order valence-electron chi connectivity index (χ2n) is 8.65. The number of nitrogens with zero attached hydrogens (tertiary/aromatic N) is 3. The zero-order valence-electron chi connectivity index (χ0n) is 18.8. The summed E-state index contributed by atoms with van der Waals surface area (Å²) < 4.78 is 13.8. The number of fused-ring (bicyclic) bond motifs is 2. The number of carbonyl (C=O) groups is 5. The van der Waals surface area contributed by atoms with Gasteiger partial charge in [0.25, 0.3) is 17.6 Å². The predicted molar refractivity (Wildman–Crippen MR) is 119 cm³/mol. The monoisotopic (exact) mass is 471 g/mol. The molecule has 1 saturated heterocycles. The van der Waals surface area contributed by atoms with E-state index in [4.69, 9.17) is 0 Å². The van der Waals surface area contributed by atoms with E-state index in [1.807, 2.05) is 0 Å². The number of aliphatic imine (C=N–C) groups is 1. The molecule has 180 valence electrons. The van der Waals surface area contributed by atoms with Crippen molar-refractivity contribution in [3.8, 4) is 0 Å². The Morgan fingerprint density at radius 1 is 1.06 bits per heavy atom. The van der Waals surface area contributed by atoms with Gasteiger partial charge in [0.1, 0.15) is 11.7 Å². The van der Waals surface area contributed by atoms with Crippen LogP contribution in [0.1, 0.15) is 44.1 Å². The second kappa shape index (κ2) is 9.70. The topological polar surface area (TPSA) is 128 Å². The van der Waals surface area contributed by atoms with E-state index >= 15 is 0 Å². The van der Waals surface area contributed by atoms with E-state index in [1.165, 1.54) is 21.9 Å². The number of hydrogen-bond acceptors (Lipinski definition) is 6. The third kappa shape index (κ3) is 4.68. The average Bonchev–Trinajstić information content (AvgIpc) is 3.02. The number of Topliss-reactive ketones (excluding diaryl/α,β-unsaturated/α-hetero) is 1. The molecule has 4 amide bonds. The van der Waals surface area contributed by atoms with Crippen molar-refractivity contribution < 1.29 is 28.4 Å². The van der Waals surface area contributed by atoms with E-state index in [0.29, 0.717) is 24.8 Å². The minimum absolute atomic E-state index is 0.0503. The van der Waals surface area contributed by atoms with Crippen molar-refractivity contribution in [1.82, 2.24) is 15.1 Å². The normalized spacial score (nSPS) is 24.6. The van der Waals surface area contributed by atoms with E-state index in [0.717, 1.165) is 6.07 Å². The minimum Gasteiger partial charge on any atom is -0.350 e. The molecule has 2 atom stereocenters. The van der Waals surface area contributed by atoms with E-state index < -0.39 is 35.5 Å². The molecule has 11 heteroatoms. The Balaban J connectivity index is 1.72. The van der Waals surface area contributed by atoms with Crippen LogP contribution < -0.4 is 10.6 Å². The summed E-state index contributed by atoms with van der Waals surface area (Å²) in [5.74, 6) is -3.50. The number of amidine groups is 1. The maximum absolute atomic E-state index is 13.8. The SMILES string of the molecule is CN1C(=O)CCCC(=O)Nc2cc(F)ccc2CNC(=O)C2N=C3C1CCCCN3C(=O)C2=O. The van der Waals surface area contributed by atoms with Gasteiger partial charge in [0.05, 0.1) is 6.04 Å². The van der Waals surface area contributed by atoms with E-state index in [2.05, 4.69) is 15.6 Å². The number of halogens is 1. The minimum atomic E-state index is -1.57. The van der Waals surface area contributed by atoms with Gasteiger partial charge in [0.2, 0.25) is 11.8 Å². The highest BCUT2D eigenvalue weighted by Gasteiger charge is 2.44. The molecule has 3 aliphatic heterocycles. The predicted octanol–water partition coefficient (Wildman–Crippen LogP) is 0.754. The van der Waals surface area contributed by atoms with Crippen molar-refractivity contribution in [2.45, 2.75) is 57.2 Å². The molecule has 0 aliphatic carbocycles. The average molecular weight is 471 g/mol. The highest BCUT2D eigenvalue weighted by molar-refractivity contribution is 6.46. The summed E-state index contributed by atoms with van der Waals surface area (Å²) in [7, 11) is 1.59. The summed E-state index contributed by atoms with van der Waals surface area (Å²) in [6.07, 6.45) is 2.30. The van der Waals surface area contributed by atoms with Crippen LogP contribution in [0.3, 0.4) is 0 Å². The summed E-state index contributed by atoms with van der Waals surface area (Å²) in [5.41, 5.74) is 0.593. The van der Waals surface area contributed by atoms with Crippen LogP contribution in [-0.2, 0) is 30.5 Å². The van der Waals surface area contributed by atoms with Crippen LogP contribution in [0.2, 0.25) is 0 Å². The van der Waals surface area contributed by atoms with Gasteiger partial charge in [-0.3, -0.25) is 28.9 Å². The molecular formula is C23H26FN5O5. The number of carbonyl (C=O) groups excluding carboxylic acids is 5. The van der Waals surface area contributed by atoms with Crippen molar-refractivity contribution in [3.63, 3.8) is 0 Å². The van der Waals surface area contributed by atoms with Gasteiger partial charge in [-0.1, -0.05) is 6.07 Å². The van der Waals surface area contributed by atoms with E-state index in [-0.39, 0.29) is 55.7 Å². The van der Waals surface area contributed by atoms with Gasteiger partial charge in [0.15, 0.2) is 6.04 Å². The van der Waals surface area contributed by atoms with Crippen molar-refractivity contribution >= 4 is 40.9 Å². The first-order chi connectivity index (χ1) is 16.3. The molecule has 2 unspecified atom stereocenters. The maximum Gasteiger partial charge on any atom is 0.298 e. The fourth-order valence-electron chi connectivity index (χ4n) is 4.44. The molecule has 10 nitrogen and oxygen atoms in total. The van der Waals surface area contributed by atoms with Gasteiger partial charge >= 0.3 is 0 Å². The molecule has 3 heterocycles. The first kappa shape index (κ1) is 23.5. The molecule has 34 heavy (non-hydrogen) atoms. The molecular weight excluding hydrogens is 445 g/mol. The van der Waals surface area contributed by atoms with Crippen LogP contribution in [0.25, 0.3) is 0 Å². The molecule has 2 N–H and O–H groups in total. The van der Waals surface area contributed by atoms with Gasteiger partial charge < -0.3 is 15.5 Å². The molecule has 0 saturated carbocycles. The first-order valence-corrected chi connectivity index (χ1v) is 11.3. The van der Waals surface area contributed by atoms with Crippen LogP contribution in [-0.4, -0.2) is 70.7 Å². The Morgan fingerprint density at radius 3 is 2.65 bits per heavy atom. The lowest BCUT2D eigenvalue weighted by atomic mass is 10.0. The van der Waals surface area contributed by atoms with Crippen LogP contribution in [0.5, 0.6) is 0 Å². The van der Waals surface area contributed by atoms with Gasteiger partial charge in [-0.15, -0.1) is 0 Å². The van der Waals surface area contributed by atoms with Crippen molar-refractivity contribution in [1.29, 1.82) is 0 Å². The first-order valence-electron chi connectivity index (χ1n) is 11.3. The van der Waals surface area contributed by atoms with Crippen LogP contribution in [0, 0.1) is 5.82 Å². The highest BCUT2D eigenvalue weighted by atomic mass is 19.1. The zero-order valence-corrected chi connectivity index (χ0v) is 18.8. The fourth-order valence-corrected chi connectivity index (χ4v) is 4.44. The van der Waals surface area contributed by atoms with Crippen molar-refractivity contribution in [2.75, 3.05) is 18.9 Å². The summed E-state index contributed by atoms with van der Waals surface area (Å²) in [6.45, 7) is 0.179. The molecule has 0 spiro atoms. The van der Waals surface area contributed by atoms with Gasteiger partial charge in [-0.05, 0) is 43.4 Å². The number of rotatable bonds is 0. The molecule has 1 fully saturated rings. The van der Waals surface area contributed by atoms with Gasteiger partial charge in [-0.25, -0.2) is 9.38 Å². The Kier molecular flexibility index (Phi) is 6.71. The largest absolute Gasteiger partial charge is 0.350 e. The van der Waals surface area contributed by atoms with E-state index in [1.54, 1.807) is 7.05 Å². The highest BCUT2D eigenvalue weighted by Crippen LogP contribution is 2.24. The number of benzene rings is 1. The number of amides is 4. The summed E-state index contributed by atoms with van der Waals surface area (Å²) in [4.78, 5) is 70.9. The molecule has 3 aliphatic rings. The Labute approximate surface area is 195 Å². The smallest absolute Gasteiger partial charge is 0.298 e. The second-order valence-corrected chi connectivity index (χ2v) is 8.65. The lowest BCUT2D eigenvalue weighted by Gasteiger charge is -2.35. The molecule has 1 aromatic carbocycles. The lowest BCUT2D eigenvalue weighted by molar-refractivity contribution is -0.146. The molecule has 2 bridgehead atoms. The third-order valence-electron chi connectivity index (χ3n) is 6.35. The summed E-state index contributed by atoms with van der Waals surface area (Å²) >= 11 is 0. The number of ketones is 1. The molecule has 1 aromatic rings. The number of likely N-dealkylation sites (N-methyl/N-ethyl adjacent to an activating group) is 1. The Morgan fingerprint density at radius 2 is 1.85 bits per heavy atom. The fraction of sp³-hybridized carbons (Fsp3) is 0.478. The van der Waals surface area contributed by atoms with Gasteiger partial charge in [0, 0.05) is 38.7 Å². The summed E-state index contributed by atoms with van der Waals surface area (Å²) in [5, 5.41) is 5.19. The van der Waals surface area contributed by atoms with Gasteiger partial charge in [-0.2, -0.15) is 0 Å². The van der Waals surface area contributed by atoms with Crippen LogP contribution >= 0.6 is 0 Å². The van der Waals surface area contributed by atoms with Crippen molar-refractivity contribution in [3.05, 3.63) is 29.6 Å². The maximum atomic E-state index is 13.8. The lowest BCUT2D eigenvalue weighted by Crippen LogP contribution is -2.58. The van der Waals surface area contributed by atoms with E-state index in [9.17, 15) is 28.4 Å². The third-order valence-corrected chi connectivity index (χ3v) is 6.35.